The summed E-state index contributed by atoms with van der Waals surface area (Å²) in [4.78, 5) is 56.3. The van der Waals surface area contributed by atoms with Crippen LogP contribution in [0.2, 0.25) is 5.02 Å². The molecule has 0 radical (unpaired) electrons. The number of sulfonamides is 1. The van der Waals surface area contributed by atoms with Crippen molar-refractivity contribution >= 4 is 61.5 Å². The van der Waals surface area contributed by atoms with E-state index in [-0.39, 0.29) is 35.2 Å². The number of pyridine rings is 1. The van der Waals surface area contributed by atoms with Crippen LogP contribution in [0.5, 0.6) is 0 Å². The standard InChI is InChI=1S/C23H18ClF2N3O3S.C19H22N4O3/c1-2-9-33(31,32)29-19-8-7-18(25)20(21(19)26)22(30)17-12-28-23-16(17)10-14(11-27-23)13-3-5-15(24)6-4-13;1-13-10-14-4-2-3-5-15(14)23(13)19(25)11-16-20-17(12-18(24)21-16)22-6-8-26-9-7-22/h3-8,10-12,29H,2,9H2,1H3,(H,27,28);2-5,12-13H,6-11H2,1H3,(H,20,21,24)/t;13-/m.0/s1. The number of halogens is 3. The first kappa shape index (κ1) is 41.2. The number of para-hydroxylation sites is 1. The molecule has 1 atom stereocenters. The van der Waals surface area contributed by atoms with Gasteiger partial charge in [0.2, 0.25) is 21.7 Å². The summed E-state index contributed by atoms with van der Waals surface area (Å²) in [7, 11) is -3.84. The maximum Gasteiger partial charge on any atom is 0.252 e. The smallest absolute Gasteiger partial charge is 0.252 e. The summed E-state index contributed by atoms with van der Waals surface area (Å²) in [5, 5.41) is 0.925. The molecule has 0 aliphatic carbocycles. The first-order chi connectivity index (χ1) is 28.3. The van der Waals surface area contributed by atoms with Crippen molar-refractivity contribution < 1.29 is 31.5 Å². The summed E-state index contributed by atoms with van der Waals surface area (Å²) < 4.78 is 61.2. The van der Waals surface area contributed by atoms with Crippen molar-refractivity contribution in [2.75, 3.05) is 46.6 Å². The molecular weight excluding hydrogens is 804 g/mol. The predicted octanol–water partition coefficient (Wildman–Crippen LogP) is 6.67. The SMILES string of the molecule is CCCS(=O)(=O)Nc1ccc(F)c(C(=O)c2c[nH]c3ncc(-c4ccc(Cl)cc4)cc23)c1F.C[C@H]1Cc2ccccc2N1C(=O)Cc1nc(N2CCOCC2)cc(=O)[nH]1. The number of carbonyl (C=O) groups is 2. The highest BCUT2D eigenvalue weighted by Crippen LogP contribution is 2.33. The summed E-state index contributed by atoms with van der Waals surface area (Å²) >= 11 is 5.93. The lowest BCUT2D eigenvalue weighted by atomic mass is 10.00. The number of hydrogen-bond donors (Lipinski definition) is 3. The number of ether oxygens (including phenoxy) is 1. The van der Waals surface area contributed by atoms with Gasteiger partial charge in [-0.1, -0.05) is 48.9 Å². The van der Waals surface area contributed by atoms with Gasteiger partial charge in [0, 0.05) is 64.8 Å². The number of nitrogens with one attached hydrogen (secondary N) is 3. The zero-order valence-electron chi connectivity index (χ0n) is 32.1. The molecule has 3 N–H and O–H groups in total. The summed E-state index contributed by atoms with van der Waals surface area (Å²) in [5.74, 6) is -2.61. The van der Waals surface area contributed by atoms with Crippen molar-refractivity contribution in [2.24, 2.45) is 0 Å². The predicted molar refractivity (Wildman–Crippen MR) is 223 cm³/mol. The monoisotopic (exact) mass is 843 g/mol. The van der Waals surface area contributed by atoms with E-state index in [0.717, 1.165) is 29.8 Å². The second-order valence-corrected chi connectivity index (χ2v) is 16.4. The lowest BCUT2D eigenvalue weighted by molar-refractivity contribution is -0.118. The van der Waals surface area contributed by atoms with Crippen LogP contribution >= 0.6 is 11.6 Å². The summed E-state index contributed by atoms with van der Waals surface area (Å²) in [6.07, 6.45) is 4.15. The second kappa shape index (κ2) is 17.5. The number of amides is 1. The average Bonchev–Trinajstić information content (AvgIpc) is 3.79. The highest BCUT2D eigenvalue weighted by Gasteiger charge is 2.31. The van der Waals surface area contributed by atoms with Gasteiger partial charge < -0.3 is 24.5 Å². The molecular formula is C42H40ClF2N7O6S. The molecule has 8 rings (SSSR count). The quantitative estimate of drug-likeness (QED) is 0.128. The fourth-order valence-electron chi connectivity index (χ4n) is 7.16. The van der Waals surface area contributed by atoms with Crippen molar-refractivity contribution in [2.45, 2.75) is 39.2 Å². The number of H-pyrrole nitrogens is 2. The zero-order chi connectivity index (χ0) is 41.8. The third-order valence-electron chi connectivity index (χ3n) is 9.92. The number of morpholine rings is 1. The van der Waals surface area contributed by atoms with Crippen molar-refractivity contribution in [3.8, 4) is 11.1 Å². The van der Waals surface area contributed by atoms with Crippen LogP contribution in [0.1, 0.15) is 47.6 Å². The van der Waals surface area contributed by atoms with Gasteiger partial charge in [0.1, 0.15) is 23.1 Å². The first-order valence-corrected chi connectivity index (χ1v) is 20.9. The maximum absolute atomic E-state index is 15.1. The molecule has 0 saturated carbocycles. The Labute approximate surface area is 343 Å². The van der Waals surface area contributed by atoms with Crippen LogP contribution in [-0.4, -0.2) is 78.1 Å². The highest BCUT2D eigenvalue weighted by molar-refractivity contribution is 7.92. The highest BCUT2D eigenvalue weighted by atomic mass is 35.5. The van der Waals surface area contributed by atoms with Crippen LogP contribution in [0, 0.1) is 11.6 Å². The molecule has 17 heteroatoms. The normalized spacial score (nSPS) is 15.1. The fraction of sp³-hybridized carbons (Fsp3) is 0.262. The number of anilines is 3. The number of carbonyl (C=O) groups excluding carboxylic acids is 2. The van der Waals surface area contributed by atoms with E-state index in [1.807, 2.05) is 34.9 Å². The minimum atomic E-state index is -3.84. The number of benzene rings is 3. The molecule has 3 aromatic heterocycles. The minimum Gasteiger partial charge on any atom is -0.378 e. The van der Waals surface area contributed by atoms with E-state index < -0.39 is 38.7 Å². The maximum atomic E-state index is 15.1. The number of ketones is 1. The Morgan fingerprint density at radius 2 is 1.76 bits per heavy atom. The van der Waals surface area contributed by atoms with E-state index in [1.54, 1.807) is 43.5 Å². The lowest BCUT2D eigenvalue weighted by Crippen LogP contribution is -2.39. The molecule has 2 aliphatic rings. The molecule has 1 amide bonds. The van der Waals surface area contributed by atoms with Crippen molar-refractivity contribution in [3.63, 3.8) is 0 Å². The van der Waals surface area contributed by atoms with Crippen LogP contribution in [0.25, 0.3) is 22.2 Å². The number of aromatic amines is 2. The van der Waals surface area contributed by atoms with Crippen molar-refractivity contribution in [3.05, 3.63) is 135 Å². The zero-order valence-corrected chi connectivity index (χ0v) is 33.7. The number of fused-ring (bicyclic) bond motifs is 2. The molecule has 0 spiro atoms. The van der Waals surface area contributed by atoms with E-state index in [2.05, 4.69) is 30.7 Å². The Morgan fingerprint density at radius 3 is 2.51 bits per heavy atom. The molecule has 306 valence electrons. The minimum absolute atomic E-state index is 0.000297. The second-order valence-electron chi connectivity index (χ2n) is 14.1. The van der Waals surface area contributed by atoms with E-state index in [4.69, 9.17) is 16.3 Å². The van der Waals surface area contributed by atoms with Crippen LogP contribution < -0.4 is 20.1 Å². The largest absolute Gasteiger partial charge is 0.378 e. The third kappa shape index (κ3) is 9.19. The molecule has 3 aromatic carbocycles. The number of rotatable bonds is 10. The van der Waals surface area contributed by atoms with Crippen LogP contribution in [-0.2, 0) is 32.4 Å². The molecule has 6 aromatic rings. The third-order valence-corrected chi connectivity index (χ3v) is 11.6. The molecule has 0 unspecified atom stereocenters. The Kier molecular flexibility index (Phi) is 12.2. The van der Waals surface area contributed by atoms with Crippen molar-refractivity contribution in [1.29, 1.82) is 0 Å². The number of hydrogen-bond acceptors (Lipinski definition) is 9. The van der Waals surface area contributed by atoms with Gasteiger partial charge in [-0.3, -0.25) is 19.1 Å². The number of nitrogens with zero attached hydrogens (tertiary/aromatic N) is 4. The van der Waals surface area contributed by atoms with E-state index in [0.29, 0.717) is 66.0 Å². The van der Waals surface area contributed by atoms with E-state index in [9.17, 15) is 27.2 Å². The van der Waals surface area contributed by atoms with Gasteiger partial charge >= 0.3 is 0 Å². The molecule has 0 bridgehead atoms. The average molecular weight is 844 g/mol. The van der Waals surface area contributed by atoms with Gasteiger partial charge in [-0.05, 0) is 67.3 Å². The molecule has 1 fully saturated rings. The van der Waals surface area contributed by atoms with Gasteiger partial charge in [0.25, 0.3) is 5.56 Å². The summed E-state index contributed by atoms with van der Waals surface area (Å²) in [5.41, 5.74) is 2.37. The Balaban J connectivity index is 0.000000184. The molecule has 59 heavy (non-hydrogen) atoms. The molecule has 5 heterocycles. The number of aromatic nitrogens is 4. The van der Waals surface area contributed by atoms with Crippen LogP contribution in [0.3, 0.4) is 0 Å². The Morgan fingerprint density at radius 1 is 1.02 bits per heavy atom. The van der Waals surface area contributed by atoms with Crippen LogP contribution in [0.4, 0.5) is 26.0 Å². The van der Waals surface area contributed by atoms with Gasteiger partial charge in [-0.2, -0.15) is 0 Å². The van der Waals surface area contributed by atoms with E-state index in [1.165, 1.54) is 17.8 Å². The van der Waals surface area contributed by atoms with Gasteiger partial charge in [-0.25, -0.2) is 27.2 Å². The van der Waals surface area contributed by atoms with Gasteiger partial charge in [0.05, 0.1) is 36.6 Å². The summed E-state index contributed by atoms with van der Waals surface area (Å²) in [6.45, 7) is 6.31. The molecule has 2 aliphatic heterocycles. The van der Waals surface area contributed by atoms with E-state index >= 15 is 4.39 Å². The van der Waals surface area contributed by atoms with Crippen LogP contribution in [0.15, 0.2) is 90.0 Å². The van der Waals surface area contributed by atoms with Gasteiger partial charge in [0.15, 0.2) is 5.82 Å². The Hall–Kier alpha value is -5.97. The summed E-state index contributed by atoms with van der Waals surface area (Å²) in [6, 6.07) is 20.0. The lowest BCUT2D eigenvalue weighted by Gasteiger charge is -2.28. The first-order valence-electron chi connectivity index (χ1n) is 18.9. The molecule has 1 saturated heterocycles. The molecule has 13 nitrogen and oxygen atoms in total. The fourth-order valence-corrected chi connectivity index (χ4v) is 8.42. The topological polar surface area (TPSA) is 170 Å². The van der Waals surface area contributed by atoms with Crippen molar-refractivity contribution in [1.82, 2.24) is 19.9 Å². The van der Waals surface area contributed by atoms with Gasteiger partial charge in [-0.15, -0.1) is 0 Å². The Bertz CT molecular complexity index is 2700.